The van der Waals surface area contributed by atoms with E-state index in [1.54, 1.807) is 23.1 Å². The first kappa shape index (κ1) is 13.7. The van der Waals surface area contributed by atoms with Gasteiger partial charge >= 0.3 is 0 Å². The van der Waals surface area contributed by atoms with Crippen LogP contribution in [0.3, 0.4) is 0 Å². The van der Waals surface area contributed by atoms with Crippen LogP contribution < -0.4 is 10.5 Å². The fourth-order valence-electron chi connectivity index (χ4n) is 2.32. The molecule has 0 aliphatic carbocycles. The summed E-state index contributed by atoms with van der Waals surface area (Å²) in [4.78, 5) is 14.0. The van der Waals surface area contributed by atoms with Crippen LogP contribution in [0.5, 0.6) is 5.75 Å². The molecule has 1 aliphatic heterocycles. The van der Waals surface area contributed by atoms with Crippen molar-refractivity contribution in [2.24, 2.45) is 0 Å². The lowest BCUT2D eigenvalue weighted by Gasteiger charge is -2.30. The van der Waals surface area contributed by atoms with Crippen molar-refractivity contribution < 1.29 is 14.6 Å². The van der Waals surface area contributed by atoms with E-state index >= 15 is 0 Å². The van der Waals surface area contributed by atoms with Gasteiger partial charge in [-0.15, -0.1) is 0 Å². The zero-order valence-electron chi connectivity index (χ0n) is 11.1. The number of ether oxygens (including phenoxy) is 1. The lowest BCUT2D eigenvalue weighted by atomic mass is 10.1. The lowest BCUT2D eigenvalue weighted by Crippen LogP contribution is -2.42. The fourth-order valence-corrected chi connectivity index (χ4v) is 2.32. The third kappa shape index (κ3) is 3.38. The van der Waals surface area contributed by atoms with E-state index in [0.29, 0.717) is 36.7 Å². The van der Waals surface area contributed by atoms with Gasteiger partial charge in [0, 0.05) is 30.4 Å². The number of piperidine rings is 1. The average Bonchev–Trinajstić information content (AvgIpc) is 2.37. The number of nitrogens with two attached hydrogens (primary N) is 1. The van der Waals surface area contributed by atoms with Crippen LogP contribution in [-0.4, -0.2) is 41.7 Å². The number of carbonyl (C=O) groups is 1. The number of rotatable bonds is 3. The van der Waals surface area contributed by atoms with Gasteiger partial charge in [-0.05, 0) is 31.9 Å². The van der Waals surface area contributed by atoms with Crippen molar-refractivity contribution in [1.82, 2.24) is 4.90 Å². The van der Waals surface area contributed by atoms with Gasteiger partial charge in [0.05, 0.1) is 12.7 Å². The molecular weight excluding hydrogens is 244 g/mol. The van der Waals surface area contributed by atoms with Crippen LogP contribution in [-0.2, 0) is 0 Å². The Kier molecular flexibility index (Phi) is 4.27. The molecule has 19 heavy (non-hydrogen) atoms. The summed E-state index contributed by atoms with van der Waals surface area (Å²) < 4.78 is 5.39. The van der Waals surface area contributed by atoms with Crippen molar-refractivity contribution in [1.29, 1.82) is 0 Å². The number of benzene rings is 1. The highest BCUT2D eigenvalue weighted by Crippen LogP contribution is 2.21. The minimum Gasteiger partial charge on any atom is -0.494 e. The minimum atomic E-state index is -0.426. The Morgan fingerprint density at radius 1 is 1.53 bits per heavy atom. The number of β-amino-alcohol motifs (C(OH)–C–C–N with tert-alkyl or cyclic N) is 1. The van der Waals surface area contributed by atoms with Crippen LogP contribution in [0.15, 0.2) is 18.2 Å². The third-order valence-electron chi connectivity index (χ3n) is 3.17. The van der Waals surface area contributed by atoms with E-state index in [0.717, 1.165) is 12.8 Å². The Morgan fingerprint density at radius 2 is 2.32 bits per heavy atom. The number of anilines is 1. The molecule has 1 aromatic rings. The predicted molar refractivity (Wildman–Crippen MR) is 73.2 cm³/mol. The Bertz CT molecular complexity index is 462. The quantitative estimate of drug-likeness (QED) is 0.806. The summed E-state index contributed by atoms with van der Waals surface area (Å²) in [7, 11) is 0. The molecule has 1 fully saturated rings. The van der Waals surface area contributed by atoms with E-state index in [4.69, 9.17) is 10.5 Å². The molecule has 1 heterocycles. The van der Waals surface area contributed by atoms with Crippen LogP contribution >= 0.6 is 0 Å². The van der Waals surface area contributed by atoms with E-state index in [9.17, 15) is 9.90 Å². The zero-order valence-corrected chi connectivity index (χ0v) is 11.1. The number of nitrogens with zero attached hydrogens (tertiary/aromatic N) is 1. The monoisotopic (exact) mass is 264 g/mol. The average molecular weight is 264 g/mol. The van der Waals surface area contributed by atoms with Crippen molar-refractivity contribution in [2.45, 2.75) is 25.9 Å². The number of hydrogen-bond donors (Lipinski definition) is 2. The number of carbonyl (C=O) groups excluding carboxylic acids is 1. The largest absolute Gasteiger partial charge is 0.494 e. The SMILES string of the molecule is CCOc1cc(N)cc(C(=O)N2CCCC(O)C2)c1. The first-order valence-corrected chi connectivity index (χ1v) is 6.61. The van der Waals surface area contributed by atoms with Gasteiger partial charge in [-0.3, -0.25) is 4.79 Å². The molecule has 1 aliphatic rings. The van der Waals surface area contributed by atoms with Crippen LogP contribution in [0.25, 0.3) is 0 Å². The number of amides is 1. The maximum atomic E-state index is 12.4. The normalized spacial score (nSPS) is 19.3. The number of aliphatic hydroxyl groups is 1. The number of nitrogen functional groups attached to an aromatic ring is 1. The summed E-state index contributed by atoms with van der Waals surface area (Å²) in [5.74, 6) is 0.496. The van der Waals surface area contributed by atoms with Gasteiger partial charge in [0.1, 0.15) is 5.75 Å². The molecular formula is C14H20N2O3. The van der Waals surface area contributed by atoms with E-state index in [-0.39, 0.29) is 5.91 Å². The zero-order chi connectivity index (χ0) is 13.8. The molecule has 0 bridgehead atoms. The van der Waals surface area contributed by atoms with Gasteiger partial charge in [-0.2, -0.15) is 0 Å². The molecule has 0 saturated carbocycles. The van der Waals surface area contributed by atoms with Crippen LogP contribution in [0.1, 0.15) is 30.1 Å². The Labute approximate surface area is 113 Å². The Morgan fingerprint density at radius 3 is 3.00 bits per heavy atom. The summed E-state index contributed by atoms with van der Waals surface area (Å²) in [6.07, 6.45) is 1.16. The molecule has 5 nitrogen and oxygen atoms in total. The second-order valence-electron chi connectivity index (χ2n) is 4.77. The maximum Gasteiger partial charge on any atom is 0.254 e. The smallest absolute Gasteiger partial charge is 0.254 e. The highest BCUT2D eigenvalue weighted by molar-refractivity contribution is 5.95. The summed E-state index contributed by atoms with van der Waals surface area (Å²) in [5.41, 5.74) is 6.80. The van der Waals surface area contributed by atoms with Gasteiger partial charge in [-0.1, -0.05) is 0 Å². The van der Waals surface area contributed by atoms with Gasteiger partial charge in [0.2, 0.25) is 0 Å². The topological polar surface area (TPSA) is 75.8 Å². The predicted octanol–water partition coefficient (Wildman–Crippen LogP) is 1.26. The first-order valence-electron chi connectivity index (χ1n) is 6.61. The lowest BCUT2D eigenvalue weighted by molar-refractivity contribution is 0.0473. The maximum absolute atomic E-state index is 12.4. The van der Waals surface area contributed by atoms with E-state index in [2.05, 4.69) is 0 Å². The molecule has 1 aromatic carbocycles. The molecule has 2 rings (SSSR count). The van der Waals surface area contributed by atoms with Gasteiger partial charge in [0.25, 0.3) is 5.91 Å². The van der Waals surface area contributed by atoms with Gasteiger partial charge in [0.15, 0.2) is 0 Å². The molecule has 0 aromatic heterocycles. The first-order chi connectivity index (χ1) is 9.10. The second-order valence-corrected chi connectivity index (χ2v) is 4.77. The van der Waals surface area contributed by atoms with E-state index in [1.165, 1.54) is 0 Å². The minimum absolute atomic E-state index is 0.105. The molecule has 1 amide bonds. The summed E-state index contributed by atoms with van der Waals surface area (Å²) in [5, 5.41) is 9.63. The van der Waals surface area contributed by atoms with Crippen LogP contribution in [0.4, 0.5) is 5.69 Å². The molecule has 104 valence electrons. The van der Waals surface area contributed by atoms with Gasteiger partial charge < -0.3 is 20.5 Å². The number of likely N-dealkylation sites (tertiary alicyclic amines) is 1. The molecule has 0 spiro atoms. The van der Waals surface area contributed by atoms with Crippen molar-refractivity contribution in [3.8, 4) is 5.75 Å². The van der Waals surface area contributed by atoms with E-state index in [1.807, 2.05) is 6.92 Å². The summed E-state index contributed by atoms with van der Waals surface area (Å²) in [6.45, 7) is 3.47. The van der Waals surface area contributed by atoms with Crippen LogP contribution in [0, 0.1) is 0 Å². The van der Waals surface area contributed by atoms with Crippen LogP contribution in [0.2, 0.25) is 0 Å². The third-order valence-corrected chi connectivity index (χ3v) is 3.17. The number of aliphatic hydroxyl groups excluding tert-OH is 1. The molecule has 1 atom stereocenters. The van der Waals surface area contributed by atoms with E-state index < -0.39 is 6.10 Å². The fraction of sp³-hybridized carbons (Fsp3) is 0.500. The summed E-state index contributed by atoms with van der Waals surface area (Å²) >= 11 is 0. The molecule has 0 radical (unpaired) electrons. The Balaban J connectivity index is 2.18. The van der Waals surface area contributed by atoms with Crippen molar-refractivity contribution in [3.63, 3.8) is 0 Å². The molecule has 5 heteroatoms. The number of hydrogen-bond acceptors (Lipinski definition) is 4. The second kappa shape index (κ2) is 5.93. The Hall–Kier alpha value is -1.75. The highest BCUT2D eigenvalue weighted by atomic mass is 16.5. The molecule has 1 unspecified atom stereocenters. The van der Waals surface area contributed by atoms with Crippen molar-refractivity contribution in [3.05, 3.63) is 23.8 Å². The van der Waals surface area contributed by atoms with Crippen molar-refractivity contribution in [2.75, 3.05) is 25.4 Å². The molecule has 1 saturated heterocycles. The molecule has 3 N–H and O–H groups in total. The highest BCUT2D eigenvalue weighted by Gasteiger charge is 2.23. The van der Waals surface area contributed by atoms with Crippen molar-refractivity contribution >= 4 is 11.6 Å². The summed E-state index contributed by atoms with van der Waals surface area (Å²) in [6, 6.07) is 5.04. The standard InChI is InChI=1S/C14H20N2O3/c1-2-19-13-7-10(6-11(15)8-13)14(18)16-5-3-4-12(17)9-16/h6-8,12,17H,2-5,9,15H2,1H3. The van der Waals surface area contributed by atoms with Gasteiger partial charge in [-0.25, -0.2) is 0 Å².